The van der Waals surface area contributed by atoms with Gasteiger partial charge in [-0.1, -0.05) is 0 Å². The number of ether oxygens (including phenoxy) is 1. The summed E-state index contributed by atoms with van der Waals surface area (Å²) in [6.07, 6.45) is 0. The van der Waals surface area contributed by atoms with Crippen molar-refractivity contribution in [3.63, 3.8) is 0 Å². The Kier molecular flexibility index (Phi) is 5.73. The summed E-state index contributed by atoms with van der Waals surface area (Å²) in [7, 11) is -3.65. The van der Waals surface area contributed by atoms with Gasteiger partial charge in [-0.3, -0.25) is 0 Å². The molecule has 0 bridgehead atoms. The van der Waals surface area contributed by atoms with E-state index in [0.717, 1.165) is 0 Å². The van der Waals surface area contributed by atoms with Gasteiger partial charge >= 0.3 is 44.1 Å². The zero-order valence-corrected chi connectivity index (χ0v) is 9.32. The van der Waals surface area contributed by atoms with Crippen molar-refractivity contribution in [3.8, 4) is 0 Å². The number of carbonyl (C=O) groups is 6. The van der Waals surface area contributed by atoms with Crippen LogP contribution in [0.25, 0.3) is 0 Å². The maximum atomic E-state index is 10.7. The highest BCUT2D eigenvalue weighted by atomic mass is 31.1. The molecule has 0 aliphatic carbocycles. The zero-order chi connectivity index (χ0) is 15.2. The number of hydrogen-bond acceptors (Lipinski definition) is 10. The Labute approximate surface area is 102 Å². The van der Waals surface area contributed by atoms with Crippen LogP contribution in [0.15, 0.2) is 0 Å². The molecule has 0 amide bonds. The van der Waals surface area contributed by atoms with Crippen LogP contribution in [-0.4, -0.2) is 46.0 Å². The first-order chi connectivity index (χ1) is 8.65. The molecule has 0 fully saturated rings. The molecule has 1 unspecified atom stereocenters. The first-order valence-electron chi connectivity index (χ1n) is 3.79. The molecule has 102 valence electrons. The minimum atomic E-state index is -3.65. The molecule has 0 spiro atoms. The van der Waals surface area contributed by atoms with Crippen LogP contribution in [0.5, 0.6) is 0 Å². The van der Waals surface area contributed by atoms with Crippen LogP contribution in [0.3, 0.4) is 0 Å². The molecule has 12 nitrogen and oxygen atoms in total. The summed E-state index contributed by atoms with van der Waals surface area (Å²) in [6, 6.07) is 0. The third-order valence-electron chi connectivity index (χ3n) is 1.02. The van der Waals surface area contributed by atoms with Crippen LogP contribution in [0.2, 0.25) is 0 Å². The van der Waals surface area contributed by atoms with Crippen molar-refractivity contribution in [2.24, 2.45) is 0 Å². The van der Waals surface area contributed by atoms with Crippen molar-refractivity contribution in [2.45, 2.75) is 0 Å². The van der Waals surface area contributed by atoms with Gasteiger partial charge in [0, 0.05) is 4.57 Å². The average molecular weight is 297 g/mol. The molecule has 0 aromatic rings. The summed E-state index contributed by atoms with van der Waals surface area (Å²) >= 11 is 0. The highest BCUT2D eigenvalue weighted by molar-refractivity contribution is 7.35. The summed E-state index contributed by atoms with van der Waals surface area (Å²) in [5, 5.41) is 16.0. The van der Waals surface area contributed by atoms with Gasteiger partial charge < -0.3 is 14.9 Å². The molecule has 0 aliphatic heterocycles. The number of carboxylic acids is 2. The van der Waals surface area contributed by atoms with Crippen molar-refractivity contribution in [2.75, 3.05) is 0 Å². The van der Waals surface area contributed by atoms with Gasteiger partial charge in [-0.25, -0.2) is 28.8 Å². The van der Waals surface area contributed by atoms with E-state index in [1.165, 1.54) is 0 Å². The standard InChI is InChI=1S/C6HO12P/c7-1(8)3(11)16-5(13)6(14)18-19(15)17-4(12)2(9)10/h(H-,7,8,9,10)/p+1. The Bertz CT molecular complexity index is 488. The van der Waals surface area contributed by atoms with Crippen molar-refractivity contribution in [1.29, 1.82) is 0 Å². The number of aliphatic carboxylic acids is 2. The van der Waals surface area contributed by atoms with Gasteiger partial charge in [0.05, 0.1) is 0 Å². The molecule has 13 heteroatoms. The normalized spacial score (nSPS) is 9.79. The monoisotopic (exact) mass is 297 g/mol. The summed E-state index contributed by atoms with van der Waals surface area (Å²) in [5.74, 6) is -12.8. The topological polar surface area (TPSA) is 188 Å². The van der Waals surface area contributed by atoms with E-state index in [9.17, 15) is 33.3 Å². The predicted octanol–water partition coefficient (Wildman–Crippen LogP) is -2.03. The van der Waals surface area contributed by atoms with E-state index < -0.39 is 44.1 Å². The molecule has 0 saturated heterocycles. The summed E-state index contributed by atoms with van der Waals surface area (Å²) in [5.41, 5.74) is 0. The molecule has 2 N–H and O–H groups in total. The maximum Gasteiger partial charge on any atom is 0.812 e. The fraction of sp³-hybridized carbons (Fsp3) is 0. The van der Waals surface area contributed by atoms with Crippen molar-refractivity contribution >= 4 is 44.1 Å². The van der Waals surface area contributed by atoms with Gasteiger partial charge in [0.15, 0.2) is 0 Å². The van der Waals surface area contributed by atoms with Gasteiger partial charge in [0.2, 0.25) is 0 Å². The van der Waals surface area contributed by atoms with E-state index in [1.54, 1.807) is 0 Å². The van der Waals surface area contributed by atoms with Gasteiger partial charge in [-0.2, -0.15) is 9.05 Å². The summed E-state index contributed by atoms with van der Waals surface area (Å²) in [6.45, 7) is 0. The second kappa shape index (κ2) is 6.76. The van der Waals surface area contributed by atoms with E-state index in [1.807, 2.05) is 0 Å². The minimum absolute atomic E-state index is 2.04. The number of carbonyl (C=O) groups excluding carboxylic acids is 4. The van der Waals surface area contributed by atoms with Crippen LogP contribution in [0, 0.1) is 0 Å². The quantitative estimate of drug-likeness (QED) is 0.246. The molecule has 0 aromatic carbocycles. The molecule has 1 atom stereocenters. The molecular weight excluding hydrogens is 295 g/mol. The fourth-order valence-electron chi connectivity index (χ4n) is 0.400. The first-order valence-corrected chi connectivity index (χ1v) is 4.88. The Hall–Kier alpha value is -2.88. The number of esters is 2. The Morgan fingerprint density at radius 3 is 1.53 bits per heavy atom. The zero-order valence-electron chi connectivity index (χ0n) is 8.42. The van der Waals surface area contributed by atoms with Gasteiger partial charge in [0.25, 0.3) is 0 Å². The van der Waals surface area contributed by atoms with E-state index >= 15 is 0 Å². The van der Waals surface area contributed by atoms with Crippen LogP contribution in [0.1, 0.15) is 0 Å². The lowest BCUT2D eigenvalue weighted by molar-refractivity contribution is -0.175. The Balaban J connectivity index is 4.38. The van der Waals surface area contributed by atoms with Crippen molar-refractivity contribution in [3.05, 3.63) is 0 Å². The molecule has 0 aliphatic rings. The lowest BCUT2D eigenvalue weighted by Crippen LogP contribution is -2.26. The van der Waals surface area contributed by atoms with Crippen molar-refractivity contribution < 1.29 is 57.3 Å². The van der Waals surface area contributed by atoms with Gasteiger partial charge in [-0.15, -0.1) is 0 Å². The lowest BCUT2D eigenvalue weighted by Gasteiger charge is -1.93. The number of carboxylic acid groups (broad SMARTS) is 2. The van der Waals surface area contributed by atoms with Crippen LogP contribution >= 0.6 is 8.25 Å². The van der Waals surface area contributed by atoms with E-state index in [4.69, 9.17) is 10.2 Å². The summed E-state index contributed by atoms with van der Waals surface area (Å²) in [4.78, 5) is 61.9. The lowest BCUT2D eigenvalue weighted by atomic mass is 10.6. The largest absolute Gasteiger partial charge is 0.812 e. The van der Waals surface area contributed by atoms with Crippen molar-refractivity contribution in [1.82, 2.24) is 0 Å². The molecule has 19 heavy (non-hydrogen) atoms. The third-order valence-corrected chi connectivity index (χ3v) is 1.65. The second-order valence-electron chi connectivity index (χ2n) is 2.27. The average Bonchev–Trinajstić information content (AvgIpc) is 2.27. The molecule has 0 aromatic heterocycles. The van der Waals surface area contributed by atoms with Crippen LogP contribution in [0.4, 0.5) is 0 Å². The second-order valence-corrected chi connectivity index (χ2v) is 3.08. The van der Waals surface area contributed by atoms with E-state index in [2.05, 4.69) is 13.8 Å². The Morgan fingerprint density at radius 1 is 0.684 bits per heavy atom. The molecule has 0 heterocycles. The highest BCUT2D eigenvalue weighted by Crippen LogP contribution is 2.24. The minimum Gasteiger partial charge on any atom is -0.473 e. The first kappa shape index (κ1) is 16.1. The highest BCUT2D eigenvalue weighted by Gasteiger charge is 2.39. The van der Waals surface area contributed by atoms with E-state index in [-0.39, 0.29) is 0 Å². The van der Waals surface area contributed by atoms with Gasteiger partial charge in [0.1, 0.15) is 0 Å². The predicted molar refractivity (Wildman–Crippen MR) is 46.2 cm³/mol. The number of hydrogen-bond donors (Lipinski definition) is 2. The summed E-state index contributed by atoms with van der Waals surface area (Å²) < 4.78 is 21.1. The van der Waals surface area contributed by atoms with Crippen LogP contribution in [-0.2, 0) is 47.1 Å². The smallest absolute Gasteiger partial charge is 0.473 e. The van der Waals surface area contributed by atoms with Gasteiger partial charge in [-0.05, 0) is 0 Å². The SMILES string of the molecule is O=C(O)C(=O)OC(=O)C(=O)O[P+](=O)OC(=O)C(=O)O. The third kappa shape index (κ3) is 5.83. The molecule has 0 radical (unpaired) electrons. The Morgan fingerprint density at radius 2 is 1.11 bits per heavy atom. The molecule has 0 saturated carbocycles. The van der Waals surface area contributed by atoms with E-state index in [0.29, 0.717) is 0 Å². The molecular formula is C6H2O12P+. The maximum absolute atomic E-state index is 10.7. The molecule has 0 rings (SSSR count). The number of rotatable bonds is 2. The van der Waals surface area contributed by atoms with Crippen LogP contribution < -0.4 is 0 Å². The fourth-order valence-corrected chi connectivity index (χ4v) is 0.861.